The molecule has 2 aromatic heterocycles. The zero-order valence-electron chi connectivity index (χ0n) is 14.8. The van der Waals surface area contributed by atoms with Gasteiger partial charge in [-0.15, -0.1) is 0 Å². The summed E-state index contributed by atoms with van der Waals surface area (Å²) < 4.78 is 1.82. The molecule has 1 aliphatic heterocycles. The van der Waals surface area contributed by atoms with Crippen LogP contribution in [-0.4, -0.2) is 37.4 Å². The average Bonchev–Trinajstić information content (AvgIpc) is 2.96. The van der Waals surface area contributed by atoms with Crippen LogP contribution in [0.4, 0.5) is 0 Å². The molecule has 3 aromatic rings. The molecule has 26 heavy (non-hydrogen) atoms. The largest absolute Gasteiger partial charge is 0.294 e. The first-order valence-corrected chi connectivity index (χ1v) is 10.2. The highest BCUT2D eigenvalue weighted by Gasteiger charge is 2.22. The van der Waals surface area contributed by atoms with Crippen LogP contribution >= 0.6 is 23.4 Å². The lowest BCUT2D eigenvalue weighted by Gasteiger charge is -2.27. The SMILES string of the molecule is CSc1ncc2c(n1)CCN(Cc1c(C)nn(-c3ccccc3)c1Cl)C2. The van der Waals surface area contributed by atoms with E-state index in [2.05, 4.69) is 20.0 Å². The average molecular weight is 386 g/mol. The molecular formula is C19H20ClN5S. The van der Waals surface area contributed by atoms with Crippen LogP contribution in [-0.2, 0) is 19.5 Å². The minimum Gasteiger partial charge on any atom is -0.294 e. The summed E-state index contributed by atoms with van der Waals surface area (Å²) in [5, 5.41) is 6.18. The third-order valence-corrected chi connectivity index (χ3v) is 5.63. The summed E-state index contributed by atoms with van der Waals surface area (Å²) in [5.41, 5.74) is 5.41. The highest BCUT2D eigenvalue weighted by Crippen LogP contribution is 2.27. The summed E-state index contributed by atoms with van der Waals surface area (Å²) in [7, 11) is 0. The maximum Gasteiger partial charge on any atom is 0.187 e. The van der Waals surface area contributed by atoms with E-state index in [9.17, 15) is 0 Å². The van der Waals surface area contributed by atoms with Crippen molar-refractivity contribution in [3.05, 3.63) is 64.2 Å². The van der Waals surface area contributed by atoms with Crippen molar-refractivity contribution in [1.29, 1.82) is 0 Å². The predicted molar refractivity (Wildman–Crippen MR) is 105 cm³/mol. The van der Waals surface area contributed by atoms with E-state index in [-0.39, 0.29) is 0 Å². The summed E-state index contributed by atoms with van der Waals surface area (Å²) in [5.74, 6) is 0. The van der Waals surface area contributed by atoms with Crippen molar-refractivity contribution in [3.63, 3.8) is 0 Å². The van der Waals surface area contributed by atoms with Crippen molar-refractivity contribution < 1.29 is 0 Å². The van der Waals surface area contributed by atoms with Gasteiger partial charge < -0.3 is 0 Å². The number of hydrogen-bond donors (Lipinski definition) is 0. The second-order valence-electron chi connectivity index (χ2n) is 6.39. The lowest BCUT2D eigenvalue weighted by atomic mass is 10.1. The number of benzene rings is 1. The minimum absolute atomic E-state index is 0.688. The molecule has 0 radical (unpaired) electrons. The highest BCUT2D eigenvalue weighted by atomic mass is 35.5. The number of para-hydroxylation sites is 1. The molecule has 0 saturated carbocycles. The van der Waals surface area contributed by atoms with Crippen LogP contribution in [0.1, 0.15) is 22.5 Å². The monoisotopic (exact) mass is 385 g/mol. The Balaban J connectivity index is 1.56. The Morgan fingerprint density at radius 1 is 1.23 bits per heavy atom. The first-order valence-electron chi connectivity index (χ1n) is 8.56. The summed E-state index contributed by atoms with van der Waals surface area (Å²) in [6, 6.07) is 10.0. The topological polar surface area (TPSA) is 46.8 Å². The van der Waals surface area contributed by atoms with Gasteiger partial charge in [0.2, 0.25) is 0 Å². The van der Waals surface area contributed by atoms with Crippen molar-refractivity contribution in [2.75, 3.05) is 12.8 Å². The quantitative estimate of drug-likeness (QED) is 0.503. The Bertz CT molecular complexity index is 925. The molecule has 0 bridgehead atoms. The molecule has 0 unspecified atom stereocenters. The van der Waals surface area contributed by atoms with Crippen LogP contribution in [0.25, 0.3) is 5.69 Å². The van der Waals surface area contributed by atoms with E-state index in [1.165, 1.54) is 11.3 Å². The van der Waals surface area contributed by atoms with Gasteiger partial charge in [-0.25, -0.2) is 14.6 Å². The van der Waals surface area contributed by atoms with Crippen molar-refractivity contribution in [2.24, 2.45) is 0 Å². The van der Waals surface area contributed by atoms with Crippen molar-refractivity contribution in [2.45, 2.75) is 31.6 Å². The Morgan fingerprint density at radius 3 is 2.81 bits per heavy atom. The molecule has 0 atom stereocenters. The number of aryl methyl sites for hydroxylation is 1. The molecule has 0 N–H and O–H groups in total. The Kier molecular flexibility index (Phi) is 4.98. The van der Waals surface area contributed by atoms with Gasteiger partial charge in [0.05, 0.1) is 17.1 Å². The number of thioether (sulfide) groups is 1. The maximum absolute atomic E-state index is 6.67. The van der Waals surface area contributed by atoms with Crippen LogP contribution in [0.2, 0.25) is 5.15 Å². The predicted octanol–water partition coefficient (Wildman–Crippen LogP) is 3.90. The molecule has 0 spiro atoms. The fraction of sp³-hybridized carbons (Fsp3) is 0.316. The van der Waals surface area contributed by atoms with Gasteiger partial charge in [0, 0.05) is 43.4 Å². The number of fused-ring (bicyclic) bond motifs is 1. The van der Waals surface area contributed by atoms with Crippen LogP contribution in [0.3, 0.4) is 0 Å². The Labute approximate surface area is 162 Å². The highest BCUT2D eigenvalue weighted by molar-refractivity contribution is 7.98. The molecule has 0 aliphatic carbocycles. The normalized spacial score (nSPS) is 14.4. The minimum atomic E-state index is 0.688. The van der Waals surface area contributed by atoms with Crippen molar-refractivity contribution >= 4 is 23.4 Å². The van der Waals surface area contributed by atoms with Crippen LogP contribution in [0.15, 0.2) is 41.7 Å². The molecule has 4 rings (SSSR count). The molecular weight excluding hydrogens is 366 g/mol. The second kappa shape index (κ2) is 7.39. The third-order valence-electron chi connectivity index (χ3n) is 4.68. The van der Waals surface area contributed by atoms with Gasteiger partial charge in [0.1, 0.15) is 5.15 Å². The molecule has 0 saturated heterocycles. The third kappa shape index (κ3) is 3.37. The fourth-order valence-electron chi connectivity index (χ4n) is 3.26. The van der Waals surface area contributed by atoms with Crippen LogP contribution in [0.5, 0.6) is 0 Å². The summed E-state index contributed by atoms with van der Waals surface area (Å²) >= 11 is 8.25. The molecule has 134 valence electrons. The summed E-state index contributed by atoms with van der Waals surface area (Å²) in [6.07, 6.45) is 4.91. The number of hydrogen-bond acceptors (Lipinski definition) is 5. The van der Waals surface area contributed by atoms with Gasteiger partial charge in [-0.2, -0.15) is 5.10 Å². The standard InChI is InChI=1S/C19H20ClN5S/c1-13-16(18(20)25(23-13)15-6-4-3-5-7-15)12-24-9-8-17-14(11-24)10-21-19(22-17)26-2/h3-7,10H,8-9,11-12H2,1-2H3. The van der Waals surface area contributed by atoms with Gasteiger partial charge in [0.25, 0.3) is 0 Å². The number of rotatable bonds is 4. The Morgan fingerprint density at radius 2 is 2.04 bits per heavy atom. The van der Waals surface area contributed by atoms with Crippen molar-refractivity contribution in [3.8, 4) is 5.69 Å². The van der Waals surface area contributed by atoms with Gasteiger partial charge in [-0.05, 0) is 25.3 Å². The van der Waals surface area contributed by atoms with E-state index in [1.54, 1.807) is 11.8 Å². The molecule has 7 heteroatoms. The molecule has 5 nitrogen and oxygen atoms in total. The number of halogens is 1. The lowest BCUT2D eigenvalue weighted by Crippen LogP contribution is -2.31. The summed E-state index contributed by atoms with van der Waals surface area (Å²) in [6.45, 7) is 4.61. The van der Waals surface area contributed by atoms with E-state index in [4.69, 9.17) is 11.6 Å². The molecule has 0 amide bonds. The fourth-order valence-corrected chi connectivity index (χ4v) is 3.96. The lowest BCUT2D eigenvalue weighted by molar-refractivity contribution is 0.241. The number of nitrogens with zero attached hydrogens (tertiary/aromatic N) is 5. The van der Waals surface area contributed by atoms with Crippen molar-refractivity contribution in [1.82, 2.24) is 24.6 Å². The van der Waals surface area contributed by atoms with Gasteiger partial charge in [0.15, 0.2) is 5.16 Å². The molecule has 1 aromatic carbocycles. The van der Waals surface area contributed by atoms with Gasteiger partial charge in [-0.1, -0.05) is 41.6 Å². The van der Waals surface area contributed by atoms with Gasteiger partial charge in [-0.3, -0.25) is 4.90 Å². The van der Waals surface area contributed by atoms with Crippen LogP contribution in [0, 0.1) is 6.92 Å². The second-order valence-corrected chi connectivity index (χ2v) is 7.52. The van der Waals surface area contributed by atoms with Crippen LogP contribution < -0.4 is 0 Å². The molecule has 0 fully saturated rings. The zero-order chi connectivity index (χ0) is 18.1. The first-order chi connectivity index (χ1) is 12.7. The van der Waals surface area contributed by atoms with E-state index < -0.39 is 0 Å². The van der Waals surface area contributed by atoms with Gasteiger partial charge >= 0.3 is 0 Å². The van der Waals surface area contributed by atoms with E-state index >= 15 is 0 Å². The molecule has 3 heterocycles. The first kappa shape index (κ1) is 17.5. The molecule has 1 aliphatic rings. The smallest absolute Gasteiger partial charge is 0.187 e. The van der Waals surface area contributed by atoms with E-state index in [0.29, 0.717) is 5.15 Å². The van der Waals surface area contributed by atoms with E-state index in [1.807, 2.05) is 54.4 Å². The van der Waals surface area contributed by atoms with E-state index in [0.717, 1.165) is 48.2 Å². The Hall–Kier alpha value is -1.89. The number of aromatic nitrogens is 4. The maximum atomic E-state index is 6.67. The zero-order valence-corrected chi connectivity index (χ0v) is 16.4. The summed E-state index contributed by atoms with van der Waals surface area (Å²) in [4.78, 5) is 11.4.